The number of methoxy groups -OCH3 is 1. The van der Waals surface area contributed by atoms with Gasteiger partial charge in [-0.1, -0.05) is 12.5 Å². The van der Waals surface area contributed by atoms with Crippen LogP contribution in [0.2, 0.25) is 0 Å². The van der Waals surface area contributed by atoms with E-state index in [1.54, 1.807) is 31.5 Å². The van der Waals surface area contributed by atoms with E-state index in [0.717, 1.165) is 47.4 Å². The number of benzene rings is 3. The average molecular weight is 645 g/mol. The van der Waals surface area contributed by atoms with Gasteiger partial charge < -0.3 is 24.4 Å². The van der Waals surface area contributed by atoms with Crippen molar-refractivity contribution in [2.45, 2.75) is 25.7 Å². The first-order valence-corrected chi connectivity index (χ1v) is 15.3. The molecule has 1 fully saturated rings. The highest BCUT2D eigenvalue weighted by Gasteiger charge is 2.20. The molecule has 0 saturated carbocycles. The number of hydrogen-bond acceptors (Lipinski definition) is 8. The van der Waals surface area contributed by atoms with E-state index < -0.39 is 23.2 Å². The molecule has 47 heavy (non-hydrogen) atoms. The first kappa shape index (κ1) is 31.7. The maximum Gasteiger partial charge on any atom is 0.350 e. The molecule has 11 nitrogen and oxygen atoms in total. The molecular formula is C34H34F2N6O5. The van der Waals surface area contributed by atoms with Crippen molar-refractivity contribution >= 4 is 22.5 Å². The Bertz CT molecular complexity index is 1970. The molecule has 1 N–H and O–H groups in total. The number of carbonyl (C=O) groups excluding carboxylic acids is 1. The van der Waals surface area contributed by atoms with Crippen molar-refractivity contribution in [3.8, 4) is 28.7 Å². The van der Waals surface area contributed by atoms with Gasteiger partial charge in [-0.2, -0.15) is 4.68 Å². The van der Waals surface area contributed by atoms with Crippen LogP contribution in [0.5, 0.6) is 23.0 Å². The molecule has 0 aliphatic carbocycles. The molecule has 0 radical (unpaired) electrons. The van der Waals surface area contributed by atoms with Gasteiger partial charge in [-0.3, -0.25) is 14.3 Å². The van der Waals surface area contributed by atoms with Crippen molar-refractivity contribution in [2.75, 3.05) is 38.7 Å². The number of likely N-dealkylation sites (tertiary alicyclic amines) is 1. The number of hydrogen-bond donors (Lipinski definition) is 1. The topological polar surface area (TPSA) is 113 Å². The summed E-state index contributed by atoms with van der Waals surface area (Å²) in [6, 6.07) is 14.3. The van der Waals surface area contributed by atoms with Gasteiger partial charge >= 0.3 is 5.69 Å². The Balaban J connectivity index is 1.14. The molecule has 2 aromatic heterocycles. The predicted molar refractivity (Wildman–Crippen MR) is 172 cm³/mol. The second-order valence-corrected chi connectivity index (χ2v) is 11.2. The zero-order chi connectivity index (χ0) is 32.9. The molecule has 1 aliphatic heterocycles. The Kier molecular flexibility index (Phi) is 9.43. The molecular weight excluding hydrogens is 610 g/mol. The van der Waals surface area contributed by atoms with Crippen molar-refractivity contribution in [1.29, 1.82) is 0 Å². The standard InChI is InChI=1S/C34H34F2N6O5/c1-40-32(39-42(34(40)44)24-9-6-8-22(35)18-24)33(43)38-23-10-11-29(26(36)19-23)47-28-12-13-37-27-21-31(30(45-2)20-25(27)28)46-17-7-16-41-14-4-3-5-15-41/h6,8-13,18-21H,3-5,7,14-17H2,1-2H3,(H,38,43). The van der Waals surface area contributed by atoms with Crippen LogP contribution in [0, 0.1) is 11.6 Å². The molecule has 6 rings (SSSR count). The number of piperidine rings is 1. The van der Waals surface area contributed by atoms with Crippen LogP contribution in [-0.4, -0.2) is 63.5 Å². The lowest BCUT2D eigenvalue weighted by atomic mass is 10.1. The number of ether oxygens (including phenoxy) is 3. The van der Waals surface area contributed by atoms with Crippen LogP contribution >= 0.6 is 0 Å². The van der Waals surface area contributed by atoms with Crippen LogP contribution in [0.3, 0.4) is 0 Å². The first-order chi connectivity index (χ1) is 22.8. The molecule has 3 heterocycles. The molecule has 0 atom stereocenters. The van der Waals surface area contributed by atoms with Crippen LogP contribution in [0.25, 0.3) is 16.6 Å². The second-order valence-electron chi connectivity index (χ2n) is 11.2. The van der Waals surface area contributed by atoms with Gasteiger partial charge in [0, 0.05) is 43.0 Å². The minimum Gasteiger partial charge on any atom is -0.493 e. The van der Waals surface area contributed by atoms with Crippen LogP contribution in [0.1, 0.15) is 36.3 Å². The van der Waals surface area contributed by atoms with Crippen molar-refractivity contribution in [3.63, 3.8) is 0 Å². The maximum atomic E-state index is 15.3. The molecule has 13 heteroatoms. The summed E-state index contributed by atoms with van der Waals surface area (Å²) in [4.78, 5) is 32.5. The minimum absolute atomic E-state index is 0.0877. The Labute approximate surface area is 269 Å². The number of anilines is 1. The molecule has 5 aromatic rings. The summed E-state index contributed by atoms with van der Waals surface area (Å²) in [5.74, 6) is -0.988. The predicted octanol–water partition coefficient (Wildman–Crippen LogP) is 5.71. The Morgan fingerprint density at radius 3 is 2.55 bits per heavy atom. The van der Waals surface area contributed by atoms with Crippen molar-refractivity contribution in [2.24, 2.45) is 7.05 Å². The van der Waals surface area contributed by atoms with Crippen molar-refractivity contribution in [3.05, 3.63) is 94.8 Å². The largest absolute Gasteiger partial charge is 0.493 e. The number of nitrogens with zero attached hydrogens (tertiary/aromatic N) is 5. The number of aromatic nitrogens is 4. The third kappa shape index (κ3) is 7.09. The third-order valence-corrected chi connectivity index (χ3v) is 7.96. The van der Waals surface area contributed by atoms with E-state index >= 15 is 4.39 Å². The zero-order valence-electron chi connectivity index (χ0n) is 26.0. The number of fused-ring (bicyclic) bond motifs is 1. The van der Waals surface area contributed by atoms with Crippen LogP contribution in [0.4, 0.5) is 14.5 Å². The average Bonchev–Trinajstić information content (AvgIpc) is 3.38. The molecule has 1 aliphatic rings. The summed E-state index contributed by atoms with van der Waals surface area (Å²) in [6.07, 6.45) is 6.25. The van der Waals surface area contributed by atoms with Gasteiger partial charge in [0.15, 0.2) is 23.1 Å². The summed E-state index contributed by atoms with van der Waals surface area (Å²) in [5, 5.41) is 7.18. The van der Waals surface area contributed by atoms with E-state index in [1.165, 1.54) is 56.6 Å². The van der Waals surface area contributed by atoms with Crippen molar-refractivity contribution in [1.82, 2.24) is 24.2 Å². The van der Waals surface area contributed by atoms with E-state index in [4.69, 9.17) is 14.2 Å². The van der Waals surface area contributed by atoms with Gasteiger partial charge in [-0.25, -0.2) is 13.6 Å². The number of amides is 1. The molecule has 3 aromatic carbocycles. The lowest BCUT2D eigenvalue weighted by molar-refractivity contribution is 0.101. The van der Waals surface area contributed by atoms with E-state index in [1.807, 2.05) is 0 Å². The van der Waals surface area contributed by atoms with Crippen LogP contribution < -0.4 is 25.2 Å². The van der Waals surface area contributed by atoms with Gasteiger partial charge in [0.05, 0.1) is 24.9 Å². The first-order valence-electron chi connectivity index (χ1n) is 15.3. The smallest absolute Gasteiger partial charge is 0.350 e. The highest BCUT2D eigenvalue weighted by molar-refractivity contribution is 6.01. The quantitative estimate of drug-likeness (QED) is 0.182. The minimum atomic E-state index is -0.760. The van der Waals surface area contributed by atoms with Crippen LogP contribution in [0.15, 0.2) is 71.7 Å². The summed E-state index contributed by atoms with van der Waals surface area (Å²) >= 11 is 0. The lowest BCUT2D eigenvalue weighted by Gasteiger charge is -2.26. The maximum absolute atomic E-state index is 15.3. The summed E-state index contributed by atoms with van der Waals surface area (Å²) in [5.41, 5.74) is 0.201. The highest BCUT2D eigenvalue weighted by Crippen LogP contribution is 2.38. The van der Waals surface area contributed by atoms with E-state index in [2.05, 4.69) is 20.3 Å². The summed E-state index contributed by atoms with van der Waals surface area (Å²) in [7, 11) is 2.91. The monoisotopic (exact) mass is 644 g/mol. The van der Waals surface area contributed by atoms with Gasteiger partial charge in [0.1, 0.15) is 11.6 Å². The fraction of sp³-hybridized carbons (Fsp3) is 0.294. The Morgan fingerprint density at radius 2 is 1.79 bits per heavy atom. The van der Waals surface area contributed by atoms with Crippen LogP contribution in [-0.2, 0) is 7.05 Å². The van der Waals surface area contributed by atoms with Crippen molar-refractivity contribution < 1.29 is 27.8 Å². The lowest BCUT2D eigenvalue weighted by Crippen LogP contribution is -2.31. The summed E-state index contributed by atoms with van der Waals surface area (Å²) < 4.78 is 48.5. The number of halogens is 2. The molecule has 244 valence electrons. The SMILES string of the molecule is COc1cc2c(Oc3ccc(NC(=O)c4nn(-c5cccc(F)c5)c(=O)n4C)cc3F)ccnc2cc1OCCCN1CCCCC1. The number of pyridine rings is 1. The van der Waals surface area contributed by atoms with Gasteiger partial charge in [-0.05, 0) is 74.8 Å². The van der Waals surface area contributed by atoms with Gasteiger partial charge in [0.2, 0.25) is 5.82 Å². The van der Waals surface area contributed by atoms with Gasteiger partial charge in [0.25, 0.3) is 5.91 Å². The number of carbonyl (C=O) groups is 1. The second kappa shape index (κ2) is 14.0. The Hall–Kier alpha value is -5.30. The normalized spacial score (nSPS) is 13.4. The zero-order valence-corrected chi connectivity index (χ0v) is 26.0. The third-order valence-electron chi connectivity index (χ3n) is 7.96. The number of rotatable bonds is 11. The summed E-state index contributed by atoms with van der Waals surface area (Å²) in [6.45, 7) is 3.80. The van der Waals surface area contributed by atoms with E-state index in [-0.39, 0.29) is 22.9 Å². The molecule has 0 spiro atoms. The fourth-order valence-corrected chi connectivity index (χ4v) is 5.52. The molecule has 1 saturated heterocycles. The van der Waals surface area contributed by atoms with Gasteiger partial charge in [-0.15, -0.1) is 5.10 Å². The molecule has 1 amide bonds. The van der Waals surface area contributed by atoms with E-state index in [9.17, 15) is 14.0 Å². The highest BCUT2D eigenvalue weighted by atomic mass is 19.1. The molecule has 0 bridgehead atoms. The fourth-order valence-electron chi connectivity index (χ4n) is 5.52. The van der Waals surface area contributed by atoms with E-state index in [0.29, 0.717) is 34.8 Å². The number of nitrogens with one attached hydrogen (secondary N) is 1. The molecule has 0 unspecified atom stereocenters. The Morgan fingerprint density at radius 1 is 0.957 bits per heavy atom.